The second-order valence-corrected chi connectivity index (χ2v) is 11.1. The Bertz CT molecular complexity index is 1860. The van der Waals surface area contributed by atoms with Crippen molar-refractivity contribution >= 4 is 0 Å². The molecule has 0 unspecified atom stereocenters. The molecular formula is C39H30N6. The molecule has 0 amide bonds. The molecule has 6 heteroatoms. The fraction of sp³-hybridized carbons (Fsp3) is 0.0769. The van der Waals surface area contributed by atoms with E-state index in [1.807, 2.05) is 74.0 Å². The SMILES string of the molecule is Cc1c(-c2cncc(-c3cccnc3)c2)c(C)c(-c2cncc(-c3cccnc3)c2)c(C)c1-c1cncc(-c2cccnc2)c1. The van der Waals surface area contributed by atoms with Crippen LogP contribution in [0, 0.1) is 20.8 Å². The van der Waals surface area contributed by atoms with Crippen molar-refractivity contribution in [1.82, 2.24) is 29.9 Å². The molecular weight excluding hydrogens is 552 g/mol. The molecule has 216 valence electrons. The van der Waals surface area contributed by atoms with Crippen molar-refractivity contribution in [2.75, 3.05) is 0 Å². The number of nitrogens with zero attached hydrogens (tertiary/aromatic N) is 6. The van der Waals surface area contributed by atoms with Gasteiger partial charge < -0.3 is 0 Å². The molecule has 0 radical (unpaired) electrons. The minimum atomic E-state index is 1.02. The normalized spacial score (nSPS) is 11.0. The zero-order valence-corrected chi connectivity index (χ0v) is 25.3. The Labute approximate surface area is 262 Å². The summed E-state index contributed by atoms with van der Waals surface area (Å²) in [4.78, 5) is 27.1. The van der Waals surface area contributed by atoms with Crippen LogP contribution in [0.5, 0.6) is 0 Å². The summed E-state index contributed by atoms with van der Waals surface area (Å²) in [6, 6.07) is 18.6. The average molecular weight is 583 g/mol. The Hall–Kier alpha value is -5.88. The molecule has 6 aromatic heterocycles. The van der Waals surface area contributed by atoms with Crippen molar-refractivity contribution in [2.24, 2.45) is 0 Å². The van der Waals surface area contributed by atoms with Crippen LogP contribution in [-0.4, -0.2) is 29.9 Å². The highest BCUT2D eigenvalue weighted by Gasteiger charge is 2.22. The summed E-state index contributed by atoms with van der Waals surface area (Å²) in [5.41, 5.74) is 16.2. The van der Waals surface area contributed by atoms with Crippen molar-refractivity contribution in [3.8, 4) is 66.8 Å². The monoisotopic (exact) mass is 582 g/mol. The second-order valence-electron chi connectivity index (χ2n) is 11.1. The molecule has 1 aromatic carbocycles. The summed E-state index contributed by atoms with van der Waals surface area (Å²) in [6.45, 7) is 6.60. The van der Waals surface area contributed by atoms with Crippen LogP contribution in [0.25, 0.3) is 66.8 Å². The van der Waals surface area contributed by atoms with Crippen molar-refractivity contribution in [3.63, 3.8) is 0 Å². The number of pyridine rings is 6. The fourth-order valence-corrected chi connectivity index (χ4v) is 6.32. The summed E-state index contributed by atoms with van der Waals surface area (Å²) in [7, 11) is 0. The zero-order valence-electron chi connectivity index (χ0n) is 25.3. The molecule has 0 aliphatic rings. The fourth-order valence-electron chi connectivity index (χ4n) is 6.32. The van der Waals surface area contributed by atoms with Crippen molar-refractivity contribution in [2.45, 2.75) is 20.8 Å². The van der Waals surface area contributed by atoms with Crippen LogP contribution < -0.4 is 0 Å². The third kappa shape index (κ3) is 5.38. The Kier molecular flexibility index (Phi) is 7.46. The highest BCUT2D eigenvalue weighted by Crippen LogP contribution is 2.44. The Morgan fingerprint density at radius 3 is 0.844 bits per heavy atom. The lowest BCUT2D eigenvalue weighted by molar-refractivity contribution is 1.25. The largest absolute Gasteiger partial charge is 0.264 e. The van der Waals surface area contributed by atoms with Gasteiger partial charge in [-0.3, -0.25) is 29.9 Å². The highest BCUT2D eigenvalue weighted by atomic mass is 14.7. The van der Waals surface area contributed by atoms with E-state index in [0.717, 1.165) is 66.8 Å². The summed E-state index contributed by atoms with van der Waals surface area (Å²) in [5, 5.41) is 0. The van der Waals surface area contributed by atoms with E-state index < -0.39 is 0 Å². The quantitative estimate of drug-likeness (QED) is 0.195. The number of rotatable bonds is 6. The molecule has 45 heavy (non-hydrogen) atoms. The van der Waals surface area contributed by atoms with Gasteiger partial charge in [-0.1, -0.05) is 18.2 Å². The molecule has 0 N–H and O–H groups in total. The van der Waals surface area contributed by atoms with Crippen molar-refractivity contribution in [3.05, 3.63) is 146 Å². The number of benzene rings is 1. The predicted octanol–water partition coefficient (Wildman–Crippen LogP) is 8.98. The van der Waals surface area contributed by atoms with E-state index in [0.29, 0.717) is 0 Å². The zero-order chi connectivity index (χ0) is 30.8. The van der Waals surface area contributed by atoms with Crippen LogP contribution in [0.2, 0.25) is 0 Å². The molecule has 0 aliphatic heterocycles. The van der Waals surface area contributed by atoms with Crippen LogP contribution in [0.1, 0.15) is 16.7 Å². The van der Waals surface area contributed by atoms with E-state index >= 15 is 0 Å². The standard InChI is InChI=1S/C39H30N6/c1-25-37(34-13-31(19-43-22-34)28-7-4-10-40-16-28)26(2)39(36-15-33(21-45-24-36)30-9-6-12-42-18-30)27(3)38(25)35-14-32(20-44-23-35)29-8-5-11-41-17-29/h4-24H,1-3H3. The van der Waals surface area contributed by atoms with E-state index in [1.54, 1.807) is 18.6 Å². The number of hydrogen-bond acceptors (Lipinski definition) is 6. The highest BCUT2D eigenvalue weighted by molar-refractivity contribution is 5.93. The van der Waals surface area contributed by atoms with E-state index in [-0.39, 0.29) is 0 Å². The maximum atomic E-state index is 4.69. The number of aromatic nitrogens is 6. The maximum absolute atomic E-state index is 4.69. The summed E-state index contributed by atoms with van der Waals surface area (Å²) >= 11 is 0. The van der Waals surface area contributed by atoms with Crippen LogP contribution >= 0.6 is 0 Å². The van der Waals surface area contributed by atoms with E-state index in [4.69, 9.17) is 0 Å². The van der Waals surface area contributed by atoms with Crippen molar-refractivity contribution < 1.29 is 0 Å². The van der Waals surface area contributed by atoms with Gasteiger partial charge in [0.25, 0.3) is 0 Å². The molecule has 0 aliphatic carbocycles. The molecule has 6 heterocycles. The third-order valence-electron chi connectivity index (χ3n) is 8.32. The van der Waals surface area contributed by atoms with E-state index in [9.17, 15) is 0 Å². The molecule has 0 fully saturated rings. The summed E-state index contributed by atoms with van der Waals surface area (Å²) < 4.78 is 0. The predicted molar refractivity (Wildman–Crippen MR) is 180 cm³/mol. The van der Waals surface area contributed by atoms with Gasteiger partial charge in [0.15, 0.2) is 0 Å². The van der Waals surface area contributed by atoms with Gasteiger partial charge in [0.05, 0.1) is 0 Å². The maximum Gasteiger partial charge on any atom is 0.0347 e. The summed E-state index contributed by atoms with van der Waals surface area (Å²) in [6.07, 6.45) is 22.5. The van der Waals surface area contributed by atoms with Gasteiger partial charge in [0.1, 0.15) is 0 Å². The third-order valence-corrected chi connectivity index (χ3v) is 8.32. The minimum absolute atomic E-state index is 1.02. The minimum Gasteiger partial charge on any atom is -0.264 e. The Morgan fingerprint density at radius 1 is 0.311 bits per heavy atom. The van der Waals surface area contributed by atoms with Gasteiger partial charge in [-0.2, -0.15) is 0 Å². The molecule has 0 bridgehead atoms. The number of hydrogen-bond donors (Lipinski definition) is 0. The summed E-state index contributed by atoms with van der Waals surface area (Å²) in [5.74, 6) is 0. The van der Waals surface area contributed by atoms with E-state index in [1.165, 1.54) is 16.7 Å². The van der Waals surface area contributed by atoms with Crippen LogP contribution in [-0.2, 0) is 0 Å². The lowest BCUT2D eigenvalue weighted by atomic mass is 9.81. The molecule has 7 aromatic rings. The molecule has 0 atom stereocenters. The topological polar surface area (TPSA) is 77.3 Å². The van der Waals surface area contributed by atoms with Gasteiger partial charge in [-0.05, 0) is 90.6 Å². The first kappa shape index (κ1) is 27.9. The average Bonchev–Trinajstić information content (AvgIpc) is 3.10. The lowest BCUT2D eigenvalue weighted by Crippen LogP contribution is -2.02. The molecule has 0 saturated carbocycles. The van der Waals surface area contributed by atoms with Crippen molar-refractivity contribution in [1.29, 1.82) is 0 Å². The Morgan fingerprint density at radius 2 is 0.578 bits per heavy atom. The van der Waals surface area contributed by atoms with Gasteiger partial charge in [-0.25, -0.2) is 0 Å². The van der Waals surface area contributed by atoms with Crippen LogP contribution in [0.4, 0.5) is 0 Å². The second kappa shape index (κ2) is 12.0. The molecule has 0 saturated heterocycles. The van der Waals surface area contributed by atoms with Gasteiger partial charge in [0.2, 0.25) is 0 Å². The first-order valence-corrected chi connectivity index (χ1v) is 14.8. The molecule has 6 nitrogen and oxygen atoms in total. The Balaban J connectivity index is 1.49. The molecule has 7 rings (SSSR count). The smallest absolute Gasteiger partial charge is 0.0347 e. The first-order valence-electron chi connectivity index (χ1n) is 14.8. The lowest BCUT2D eigenvalue weighted by Gasteiger charge is -2.23. The van der Waals surface area contributed by atoms with Crippen LogP contribution in [0.15, 0.2) is 129 Å². The molecule has 0 spiro atoms. The first-order chi connectivity index (χ1) is 22.1. The van der Waals surface area contributed by atoms with E-state index in [2.05, 4.69) is 87.1 Å². The van der Waals surface area contributed by atoms with Gasteiger partial charge >= 0.3 is 0 Å². The van der Waals surface area contributed by atoms with Crippen LogP contribution in [0.3, 0.4) is 0 Å². The van der Waals surface area contributed by atoms with Gasteiger partial charge in [0, 0.05) is 124 Å². The van der Waals surface area contributed by atoms with Gasteiger partial charge in [-0.15, -0.1) is 0 Å².